The van der Waals surface area contributed by atoms with Crippen molar-refractivity contribution >= 4 is 55.3 Å². The number of likely N-dealkylation sites (tertiary alicyclic amines) is 1. The number of fused-ring (bicyclic) bond motifs is 5. The molecule has 3 aliphatic rings. The minimum atomic E-state index is -0.343. The normalized spacial score (nSPS) is 32.7. The van der Waals surface area contributed by atoms with E-state index < -0.39 is 0 Å². The molecule has 3 amide bonds. The average Bonchev–Trinajstić information content (AvgIpc) is 3.29. The Balaban J connectivity index is 1.20. The molecule has 2 bridgehead atoms. The second-order valence-electron chi connectivity index (χ2n) is 8.20. The second-order valence-corrected chi connectivity index (χ2v) is 10.3. The van der Waals surface area contributed by atoms with Crippen LogP contribution in [0, 0.1) is 29.5 Å². The number of amides is 3. The predicted octanol–water partition coefficient (Wildman–Crippen LogP) is 4.10. The van der Waals surface area contributed by atoms with Gasteiger partial charge in [-0.15, -0.1) is 0 Å². The number of unbranched alkanes of at least 4 members (excludes halogenated alkanes) is 2. The lowest BCUT2D eigenvalue weighted by molar-refractivity contribution is -0.140. The number of benzene rings is 1. The molecule has 8 heteroatoms. The second kappa shape index (κ2) is 8.46. The number of imide groups is 1. The molecule has 156 valence electrons. The van der Waals surface area contributed by atoms with Crippen LogP contribution in [-0.2, 0) is 14.4 Å². The first-order chi connectivity index (χ1) is 13.9. The number of halogens is 3. The largest absolute Gasteiger partial charge is 0.326 e. The Kier molecular flexibility index (Phi) is 6.11. The number of carbonyl (C=O) groups is 3. The summed E-state index contributed by atoms with van der Waals surface area (Å²) in [6.45, 7) is 0.434. The van der Waals surface area contributed by atoms with Crippen molar-refractivity contribution < 1.29 is 18.8 Å². The number of hydrogen-bond donors (Lipinski definition) is 1. The van der Waals surface area contributed by atoms with Gasteiger partial charge in [0.05, 0.1) is 11.8 Å². The highest BCUT2D eigenvalue weighted by Crippen LogP contribution is 2.60. The molecule has 1 heterocycles. The van der Waals surface area contributed by atoms with E-state index in [1.165, 1.54) is 29.2 Å². The Morgan fingerprint density at radius 2 is 1.59 bits per heavy atom. The summed E-state index contributed by atoms with van der Waals surface area (Å²) in [6, 6.07) is 5.65. The number of nitrogens with one attached hydrogen (secondary N) is 1. The highest BCUT2D eigenvalue weighted by molar-refractivity contribution is 9.12. The van der Waals surface area contributed by atoms with Crippen LogP contribution < -0.4 is 5.32 Å². The standard InChI is InChI=1S/C21H23Br2FN2O3/c22-18-13-10-14(19(18)23)17-16(13)20(28)26(21(17)29)9-3-1-2-4-15(27)25-12-7-5-11(24)6-8-12/h5-8,13-14,16-19H,1-4,9-10H2,(H,25,27)/t13-,14-,16+,17+,18-,19-/m1/s1. The Labute approximate surface area is 186 Å². The van der Waals surface area contributed by atoms with Crippen LogP contribution in [0.4, 0.5) is 10.1 Å². The van der Waals surface area contributed by atoms with Crippen LogP contribution in [0.5, 0.6) is 0 Å². The Morgan fingerprint density at radius 3 is 2.17 bits per heavy atom. The average molecular weight is 530 g/mol. The van der Waals surface area contributed by atoms with Crippen molar-refractivity contribution in [1.82, 2.24) is 4.90 Å². The van der Waals surface area contributed by atoms with Gasteiger partial charge in [0.1, 0.15) is 5.82 Å². The van der Waals surface area contributed by atoms with Gasteiger partial charge in [0.25, 0.3) is 0 Å². The first kappa shape index (κ1) is 21.0. The zero-order valence-corrected chi connectivity index (χ0v) is 19.0. The van der Waals surface area contributed by atoms with Crippen molar-refractivity contribution in [2.24, 2.45) is 23.7 Å². The summed E-state index contributed by atoms with van der Waals surface area (Å²) >= 11 is 7.39. The molecule has 3 fully saturated rings. The lowest BCUT2D eigenvalue weighted by atomic mass is 9.81. The minimum absolute atomic E-state index is 0.00889. The van der Waals surface area contributed by atoms with Crippen molar-refractivity contribution in [2.45, 2.75) is 41.8 Å². The van der Waals surface area contributed by atoms with E-state index in [4.69, 9.17) is 0 Å². The Hall–Kier alpha value is -1.28. The number of rotatable bonds is 7. The van der Waals surface area contributed by atoms with Crippen LogP contribution in [0.1, 0.15) is 32.1 Å². The number of hydrogen-bond acceptors (Lipinski definition) is 3. The van der Waals surface area contributed by atoms with Gasteiger partial charge in [0.2, 0.25) is 17.7 Å². The molecule has 0 unspecified atom stereocenters. The van der Waals surface area contributed by atoms with Gasteiger partial charge in [-0.2, -0.15) is 0 Å². The molecule has 29 heavy (non-hydrogen) atoms. The number of anilines is 1. The van der Waals surface area contributed by atoms with Gasteiger partial charge in [-0.3, -0.25) is 19.3 Å². The summed E-state index contributed by atoms with van der Waals surface area (Å²) in [4.78, 5) is 39.6. The minimum Gasteiger partial charge on any atom is -0.326 e. The molecule has 0 aromatic heterocycles. The summed E-state index contributed by atoms with van der Waals surface area (Å²) in [5, 5.41) is 2.73. The maximum atomic E-state index is 12.9. The van der Waals surface area contributed by atoms with Crippen molar-refractivity contribution in [3.05, 3.63) is 30.1 Å². The van der Waals surface area contributed by atoms with E-state index in [0.717, 1.165) is 12.8 Å². The molecule has 2 saturated carbocycles. The summed E-state index contributed by atoms with van der Waals surface area (Å²) in [6.07, 6.45) is 3.43. The van der Waals surface area contributed by atoms with E-state index in [-0.39, 0.29) is 56.9 Å². The molecule has 6 atom stereocenters. The zero-order valence-electron chi connectivity index (χ0n) is 15.8. The lowest BCUT2D eigenvalue weighted by Gasteiger charge is -2.28. The SMILES string of the molecule is O=C(CCCCCN1C(=O)[C@H]2[C@H]3C[C@@H]([C@@H](Br)[C@@H]3Br)[C@@H]2C1=O)Nc1ccc(F)cc1. The fourth-order valence-corrected chi connectivity index (χ4v) is 6.99. The van der Waals surface area contributed by atoms with E-state index in [1.54, 1.807) is 0 Å². The topological polar surface area (TPSA) is 66.5 Å². The molecule has 1 N–H and O–H groups in total. The van der Waals surface area contributed by atoms with Gasteiger partial charge in [0.15, 0.2) is 0 Å². The fraction of sp³-hybridized carbons (Fsp3) is 0.571. The van der Waals surface area contributed by atoms with Gasteiger partial charge in [-0.1, -0.05) is 38.3 Å². The van der Waals surface area contributed by atoms with Crippen LogP contribution in [0.3, 0.4) is 0 Å². The Bertz CT molecular complexity index is 787. The summed E-state index contributed by atoms with van der Waals surface area (Å²) < 4.78 is 12.9. The molecule has 4 rings (SSSR count). The van der Waals surface area contributed by atoms with Gasteiger partial charge in [-0.05, 0) is 55.4 Å². The predicted molar refractivity (Wildman–Crippen MR) is 114 cm³/mol. The van der Waals surface area contributed by atoms with Crippen LogP contribution in [0.2, 0.25) is 0 Å². The molecule has 0 radical (unpaired) electrons. The van der Waals surface area contributed by atoms with Gasteiger partial charge >= 0.3 is 0 Å². The van der Waals surface area contributed by atoms with Crippen molar-refractivity contribution in [1.29, 1.82) is 0 Å². The van der Waals surface area contributed by atoms with Crippen LogP contribution in [-0.4, -0.2) is 38.8 Å². The third kappa shape index (κ3) is 3.90. The number of alkyl halides is 2. The lowest BCUT2D eigenvalue weighted by Crippen LogP contribution is -2.37. The summed E-state index contributed by atoms with van der Waals surface area (Å²) in [5.74, 6) is -0.320. The summed E-state index contributed by atoms with van der Waals surface area (Å²) in [7, 11) is 0. The first-order valence-electron chi connectivity index (χ1n) is 10.1. The van der Waals surface area contributed by atoms with E-state index >= 15 is 0 Å². The summed E-state index contributed by atoms with van der Waals surface area (Å²) in [5.41, 5.74) is 0.570. The van der Waals surface area contributed by atoms with Crippen LogP contribution >= 0.6 is 31.9 Å². The monoisotopic (exact) mass is 528 g/mol. The van der Waals surface area contributed by atoms with Gasteiger partial charge in [-0.25, -0.2) is 4.39 Å². The molecule has 1 aliphatic heterocycles. The van der Waals surface area contributed by atoms with Gasteiger partial charge in [0, 0.05) is 28.3 Å². The highest BCUT2D eigenvalue weighted by Gasteiger charge is 2.66. The third-order valence-electron chi connectivity index (χ3n) is 6.49. The van der Waals surface area contributed by atoms with E-state index in [9.17, 15) is 18.8 Å². The maximum Gasteiger partial charge on any atom is 0.233 e. The molecule has 1 aromatic rings. The van der Waals surface area contributed by atoms with Crippen molar-refractivity contribution in [2.75, 3.05) is 11.9 Å². The fourth-order valence-electron chi connectivity index (χ4n) is 5.12. The van der Waals surface area contributed by atoms with E-state index in [2.05, 4.69) is 37.2 Å². The van der Waals surface area contributed by atoms with Crippen molar-refractivity contribution in [3.63, 3.8) is 0 Å². The first-order valence-corrected chi connectivity index (χ1v) is 11.9. The smallest absolute Gasteiger partial charge is 0.233 e. The molecular formula is C21H23Br2FN2O3. The molecule has 2 aliphatic carbocycles. The van der Waals surface area contributed by atoms with Crippen molar-refractivity contribution in [3.8, 4) is 0 Å². The van der Waals surface area contributed by atoms with Crippen LogP contribution in [0.15, 0.2) is 24.3 Å². The molecule has 1 saturated heterocycles. The Morgan fingerprint density at radius 1 is 1.00 bits per heavy atom. The highest BCUT2D eigenvalue weighted by atomic mass is 79.9. The van der Waals surface area contributed by atoms with Gasteiger partial charge < -0.3 is 5.32 Å². The zero-order chi connectivity index (χ0) is 20.7. The van der Waals surface area contributed by atoms with E-state index in [0.29, 0.717) is 31.5 Å². The number of nitrogens with zero attached hydrogens (tertiary/aromatic N) is 1. The molecule has 0 spiro atoms. The maximum absolute atomic E-state index is 12.9. The van der Waals surface area contributed by atoms with Crippen LogP contribution in [0.25, 0.3) is 0 Å². The van der Waals surface area contributed by atoms with E-state index in [1.807, 2.05) is 0 Å². The molecular weight excluding hydrogens is 507 g/mol. The quantitative estimate of drug-likeness (QED) is 0.328. The molecule has 1 aromatic carbocycles. The molecule has 5 nitrogen and oxygen atoms in total. The third-order valence-corrected chi connectivity index (χ3v) is 9.70. The number of carbonyl (C=O) groups excluding carboxylic acids is 3.